The third-order valence-corrected chi connectivity index (χ3v) is 3.69. The maximum absolute atomic E-state index is 12.3. The summed E-state index contributed by atoms with van der Waals surface area (Å²) in [5.74, 6) is -0.662. The number of nitrogens with zero attached hydrogens (tertiary/aromatic N) is 3. The summed E-state index contributed by atoms with van der Waals surface area (Å²) >= 11 is 12.0. The minimum absolute atomic E-state index is 0.176. The molecule has 1 atom stereocenters. The summed E-state index contributed by atoms with van der Waals surface area (Å²) in [6.45, 7) is 1.52. The van der Waals surface area contributed by atoms with Gasteiger partial charge in [0.2, 0.25) is 5.91 Å². The normalized spacial score (nSPS) is 11.8. The number of carbonyl (C=O) groups is 1. The van der Waals surface area contributed by atoms with Crippen molar-refractivity contribution in [1.29, 1.82) is 0 Å². The molecule has 0 bridgehead atoms. The van der Waals surface area contributed by atoms with Gasteiger partial charge >= 0.3 is 11.6 Å². The van der Waals surface area contributed by atoms with Crippen molar-refractivity contribution in [3.8, 4) is 5.88 Å². The van der Waals surface area contributed by atoms with E-state index < -0.39 is 16.9 Å². The van der Waals surface area contributed by atoms with E-state index >= 15 is 0 Å². The van der Waals surface area contributed by atoms with Crippen molar-refractivity contribution < 1.29 is 14.5 Å². The van der Waals surface area contributed by atoms with Crippen LogP contribution in [0.1, 0.15) is 13.0 Å². The van der Waals surface area contributed by atoms with E-state index in [1.165, 1.54) is 14.0 Å². The van der Waals surface area contributed by atoms with Gasteiger partial charge in [0.05, 0.1) is 27.8 Å². The zero-order chi connectivity index (χ0) is 17.1. The minimum Gasteiger partial charge on any atom is -0.475 e. The molecule has 0 saturated heterocycles. The highest BCUT2D eigenvalue weighted by atomic mass is 35.5. The number of carbonyl (C=O) groups excluding carboxylic acids is 1. The lowest BCUT2D eigenvalue weighted by Gasteiger charge is -2.14. The van der Waals surface area contributed by atoms with E-state index in [0.29, 0.717) is 0 Å². The lowest BCUT2D eigenvalue weighted by Crippen LogP contribution is -2.24. The van der Waals surface area contributed by atoms with Gasteiger partial charge in [-0.2, -0.15) is 0 Å². The number of ether oxygens (including phenoxy) is 1. The van der Waals surface area contributed by atoms with E-state index in [2.05, 4.69) is 10.4 Å². The van der Waals surface area contributed by atoms with Crippen molar-refractivity contribution in [2.45, 2.75) is 13.0 Å². The summed E-state index contributed by atoms with van der Waals surface area (Å²) in [5, 5.41) is 17.9. The predicted molar refractivity (Wildman–Crippen MR) is 85.2 cm³/mol. The van der Waals surface area contributed by atoms with Gasteiger partial charge in [0.25, 0.3) is 0 Å². The summed E-state index contributed by atoms with van der Waals surface area (Å²) in [6, 6.07) is 3.96. The molecule has 1 aromatic heterocycles. The highest BCUT2D eigenvalue weighted by Gasteiger charge is 2.25. The summed E-state index contributed by atoms with van der Waals surface area (Å²) in [4.78, 5) is 22.6. The number of nitrogens with one attached hydrogen (secondary N) is 1. The monoisotopic (exact) mass is 358 g/mol. The first-order chi connectivity index (χ1) is 10.8. The zero-order valence-corrected chi connectivity index (χ0v) is 13.6. The number of hydrogen-bond donors (Lipinski definition) is 1. The molecule has 0 fully saturated rings. The Hall–Kier alpha value is -2.32. The molecule has 8 nitrogen and oxygen atoms in total. The average Bonchev–Trinajstić information content (AvgIpc) is 2.94. The molecule has 0 aliphatic rings. The molecule has 0 saturated carbocycles. The van der Waals surface area contributed by atoms with Crippen LogP contribution in [0.4, 0.5) is 11.4 Å². The van der Waals surface area contributed by atoms with Crippen LogP contribution in [-0.4, -0.2) is 27.7 Å². The van der Waals surface area contributed by atoms with Gasteiger partial charge in [-0.25, -0.2) is 4.68 Å². The van der Waals surface area contributed by atoms with E-state index in [1.54, 1.807) is 18.2 Å². The van der Waals surface area contributed by atoms with Gasteiger partial charge in [0.1, 0.15) is 12.2 Å². The van der Waals surface area contributed by atoms with Crippen LogP contribution in [0.3, 0.4) is 0 Å². The molecule has 1 amide bonds. The van der Waals surface area contributed by atoms with E-state index in [9.17, 15) is 14.9 Å². The third-order valence-electron chi connectivity index (χ3n) is 3.06. The van der Waals surface area contributed by atoms with Crippen LogP contribution in [0.25, 0.3) is 0 Å². The number of nitro groups is 1. The Kier molecular flexibility index (Phi) is 5.07. The Morgan fingerprint density at radius 1 is 1.43 bits per heavy atom. The van der Waals surface area contributed by atoms with Gasteiger partial charge in [-0.1, -0.05) is 29.3 Å². The molecule has 1 unspecified atom stereocenters. The number of para-hydroxylation sites is 1. The van der Waals surface area contributed by atoms with E-state index in [-0.39, 0.29) is 27.3 Å². The number of rotatable bonds is 5. The lowest BCUT2D eigenvalue weighted by molar-refractivity contribution is -0.385. The van der Waals surface area contributed by atoms with Crippen LogP contribution in [0, 0.1) is 10.1 Å². The van der Waals surface area contributed by atoms with Gasteiger partial charge in [-0.15, -0.1) is 5.10 Å². The molecule has 2 rings (SSSR count). The van der Waals surface area contributed by atoms with Gasteiger partial charge in [-0.3, -0.25) is 14.9 Å². The molecule has 23 heavy (non-hydrogen) atoms. The smallest absolute Gasteiger partial charge is 0.350 e. The van der Waals surface area contributed by atoms with E-state index in [1.807, 2.05) is 0 Å². The van der Waals surface area contributed by atoms with Crippen molar-refractivity contribution in [2.24, 2.45) is 0 Å². The number of halogens is 2. The van der Waals surface area contributed by atoms with Crippen LogP contribution >= 0.6 is 23.2 Å². The molecule has 1 aromatic carbocycles. The fourth-order valence-electron chi connectivity index (χ4n) is 1.80. The van der Waals surface area contributed by atoms with E-state index in [4.69, 9.17) is 27.9 Å². The van der Waals surface area contributed by atoms with Crippen LogP contribution in [0.15, 0.2) is 24.4 Å². The van der Waals surface area contributed by atoms with Crippen LogP contribution < -0.4 is 10.1 Å². The summed E-state index contributed by atoms with van der Waals surface area (Å²) < 4.78 is 5.96. The molecular formula is C13H12Cl2N4O4. The fraction of sp³-hybridized carbons (Fsp3) is 0.231. The van der Waals surface area contributed by atoms with Gasteiger partial charge < -0.3 is 10.1 Å². The number of benzene rings is 1. The largest absolute Gasteiger partial charge is 0.475 e. The van der Waals surface area contributed by atoms with Gasteiger partial charge in [0, 0.05) is 0 Å². The third kappa shape index (κ3) is 3.54. The van der Waals surface area contributed by atoms with Crippen molar-refractivity contribution in [3.63, 3.8) is 0 Å². The number of methoxy groups -OCH3 is 1. The first-order valence-corrected chi connectivity index (χ1v) is 7.13. The zero-order valence-electron chi connectivity index (χ0n) is 12.1. The Morgan fingerprint density at radius 2 is 2.04 bits per heavy atom. The van der Waals surface area contributed by atoms with Crippen LogP contribution in [0.2, 0.25) is 10.0 Å². The average molecular weight is 359 g/mol. The first kappa shape index (κ1) is 17.0. The standard InChI is InChI=1S/C13H12Cl2N4O4/c1-7(18-6-10(19(21)22)13(17-18)23-2)12(20)16-11-8(14)4-3-5-9(11)15/h3-7H,1-2H3,(H,16,20). The first-order valence-electron chi connectivity index (χ1n) is 6.37. The second kappa shape index (κ2) is 6.84. The molecular weight excluding hydrogens is 347 g/mol. The summed E-state index contributed by atoms with van der Waals surface area (Å²) in [6.07, 6.45) is 1.12. The van der Waals surface area contributed by atoms with Crippen molar-refractivity contribution in [3.05, 3.63) is 44.6 Å². The maximum Gasteiger partial charge on any atom is 0.350 e. The lowest BCUT2D eigenvalue weighted by atomic mass is 10.2. The van der Waals surface area contributed by atoms with E-state index in [0.717, 1.165) is 10.9 Å². The molecule has 1 N–H and O–H groups in total. The second-order valence-corrected chi connectivity index (χ2v) is 5.34. The molecule has 1 heterocycles. The Morgan fingerprint density at radius 3 is 2.52 bits per heavy atom. The molecule has 0 radical (unpaired) electrons. The number of amides is 1. The SMILES string of the molecule is COc1nn(C(C)C(=O)Nc2c(Cl)cccc2Cl)cc1[N+](=O)[O-]. The Balaban J connectivity index is 2.25. The van der Waals surface area contributed by atoms with Crippen molar-refractivity contribution in [2.75, 3.05) is 12.4 Å². The summed E-state index contributed by atoms with van der Waals surface area (Å²) in [7, 11) is 1.26. The molecule has 122 valence electrons. The fourth-order valence-corrected chi connectivity index (χ4v) is 2.29. The summed E-state index contributed by atoms with van der Waals surface area (Å²) in [5.41, 5.74) is -0.0655. The van der Waals surface area contributed by atoms with Crippen LogP contribution in [0.5, 0.6) is 5.88 Å². The van der Waals surface area contributed by atoms with Crippen molar-refractivity contribution >= 4 is 40.5 Å². The predicted octanol–water partition coefficient (Wildman–Crippen LogP) is 3.31. The van der Waals surface area contributed by atoms with Gasteiger partial charge in [0.15, 0.2) is 0 Å². The Labute approximate surface area is 141 Å². The van der Waals surface area contributed by atoms with Crippen LogP contribution in [-0.2, 0) is 4.79 Å². The topological polar surface area (TPSA) is 99.3 Å². The molecule has 0 aliphatic carbocycles. The van der Waals surface area contributed by atoms with Gasteiger partial charge in [-0.05, 0) is 19.1 Å². The highest BCUT2D eigenvalue weighted by molar-refractivity contribution is 6.39. The molecule has 0 aliphatic heterocycles. The minimum atomic E-state index is -0.843. The number of anilines is 1. The number of aromatic nitrogens is 2. The quantitative estimate of drug-likeness (QED) is 0.652. The van der Waals surface area contributed by atoms with Crippen molar-refractivity contribution in [1.82, 2.24) is 9.78 Å². The molecule has 0 spiro atoms. The molecule has 10 heteroatoms. The maximum atomic E-state index is 12.3. The second-order valence-electron chi connectivity index (χ2n) is 4.52. The number of hydrogen-bond acceptors (Lipinski definition) is 5. The highest BCUT2D eigenvalue weighted by Crippen LogP contribution is 2.31. The molecule has 2 aromatic rings. The Bertz CT molecular complexity index is 742.